The summed E-state index contributed by atoms with van der Waals surface area (Å²) < 4.78 is 27.8. The summed E-state index contributed by atoms with van der Waals surface area (Å²) in [6.45, 7) is 1.07. The fourth-order valence-corrected chi connectivity index (χ4v) is 4.84. The van der Waals surface area contributed by atoms with Crippen LogP contribution in [0.5, 0.6) is 0 Å². The van der Waals surface area contributed by atoms with Crippen molar-refractivity contribution in [3.05, 3.63) is 96.1 Å². The lowest BCUT2D eigenvalue weighted by Gasteiger charge is -2.25. The first-order valence-corrected chi connectivity index (χ1v) is 12.2. The molecule has 1 saturated heterocycles. The molecule has 3 aromatic carbocycles. The smallest absolute Gasteiger partial charge is 0.261 e. The van der Waals surface area contributed by atoms with Crippen molar-refractivity contribution in [1.29, 1.82) is 0 Å². The summed E-state index contributed by atoms with van der Waals surface area (Å²) in [6.07, 6.45) is 1.35. The maximum Gasteiger partial charge on any atom is 0.261 e. The van der Waals surface area contributed by atoms with Crippen LogP contribution in [-0.2, 0) is 14.8 Å². The summed E-state index contributed by atoms with van der Waals surface area (Å²) >= 11 is 0. The van der Waals surface area contributed by atoms with Gasteiger partial charge in [0, 0.05) is 30.8 Å². The van der Waals surface area contributed by atoms with Crippen LogP contribution in [0, 0.1) is 0 Å². The Hall–Kier alpha value is -3.65. The number of hydrogen-bond acceptors (Lipinski definition) is 4. The Kier molecular flexibility index (Phi) is 6.74. The first-order chi connectivity index (χ1) is 15.9. The first-order valence-electron chi connectivity index (χ1n) is 10.7. The lowest BCUT2D eigenvalue weighted by Crippen LogP contribution is -2.38. The molecule has 1 unspecified atom stereocenters. The predicted molar refractivity (Wildman–Crippen MR) is 126 cm³/mol. The number of anilines is 1. The Balaban J connectivity index is 1.48. The average Bonchev–Trinajstić information content (AvgIpc) is 3.24. The molecule has 1 aliphatic heterocycles. The fourth-order valence-electron chi connectivity index (χ4n) is 3.78. The highest BCUT2D eigenvalue weighted by molar-refractivity contribution is 7.92. The van der Waals surface area contributed by atoms with Crippen molar-refractivity contribution in [2.24, 2.45) is 0 Å². The van der Waals surface area contributed by atoms with E-state index in [1.807, 2.05) is 30.3 Å². The number of nitrogens with zero attached hydrogens (tertiary/aromatic N) is 1. The molecule has 33 heavy (non-hydrogen) atoms. The van der Waals surface area contributed by atoms with Gasteiger partial charge in [-0.15, -0.1) is 0 Å². The van der Waals surface area contributed by atoms with Crippen molar-refractivity contribution in [2.45, 2.75) is 23.8 Å². The topological polar surface area (TPSA) is 95.6 Å². The standard InChI is InChI=1S/C25H25N3O4S/c29-24-12-7-17-28(24)18-23(19-8-3-1-4-9-19)26-25(30)20-13-15-22(16-14-20)33(31,32)27-21-10-5-2-6-11-21/h1-6,8-11,13-16,23,27H,7,12,17-18H2,(H,26,30). The Morgan fingerprint density at radius 2 is 1.55 bits per heavy atom. The lowest BCUT2D eigenvalue weighted by molar-refractivity contribution is -0.128. The van der Waals surface area contributed by atoms with Gasteiger partial charge in [-0.25, -0.2) is 8.42 Å². The molecule has 170 valence electrons. The number of likely N-dealkylation sites (tertiary alicyclic amines) is 1. The molecule has 2 amide bonds. The molecule has 3 aromatic rings. The van der Waals surface area contributed by atoms with E-state index in [-0.39, 0.29) is 22.8 Å². The van der Waals surface area contributed by atoms with E-state index in [0.717, 1.165) is 12.0 Å². The molecule has 7 nitrogen and oxygen atoms in total. The van der Waals surface area contributed by atoms with Gasteiger partial charge >= 0.3 is 0 Å². The van der Waals surface area contributed by atoms with Gasteiger partial charge in [0.15, 0.2) is 0 Å². The number of hydrogen-bond donors (Lipinski definition) is 2. The zero-order valence-electron chi connectivity index (χ0n) is 18.0. The highest BCUT2D eigenvalue weighted by atomic mass is 32.2. The number of sulfonamides is 1. The van der Waals surface area contributed by atoms with Crippen molar-refractivity contribution in [1.82, 2.24) is 10.2 Å². The molecule has 0 saturated carbocycles. The molecule has 1 fully saturated rings. The van der Waals surface area contributed by atoms with Gasteiger partial charge < -0.3 is 10.2 Å². The zero-order chi connectivity index (χ0) is 23.3. The van der Waals surface area contributed by atoms with Crippen LogP contribution in [0.1, 0.15) is 34.8 Å². The monoisotopic (exact) mass is 463 g/mol. The number of para-hydroxylation sites is 1. The number of rotatable bonds is 8. The van der Waals surface area contributed by atoms with E-state index < -0.39 is 10.0 Å². The Morgan fingerprint density at radius 3 is 2.15 bits per heavy atom. The number of nitrogens with one attached hydrogen (secondary N) is 2. The zero-order valence-corrected chi connectivity index (χ0v) is 18.8. The second-order valence-corrected chi connectivity index (χ2v) is 9.56. The summed E-state index contributed by atoms with van der Waals surface area (Å²) in [7, 11) is -3.77. The molecular weight excluding hydrogens is 438 g/mol. The Morgan fingerprint density at radius 1 is 0.909 bits per heavy atom. The molecule has 0 aromatic heterocycles. The van der Waals surface area contributed by atoms with Crippen molar-refractivity contribution in [3.63, 3.8) is 0 Å². The fraction of sp³-hybridized carbons (Fsp3) is 0.200. The third kappa shape index (κ3) is 5.59. The van der Waals surface area contributed by atoms with Crippen LogP contribution < -0.4 is 10.0 Å². The van der Waals surface area contributed by atoms with Crippen molar-refractivity contribution in [2.75, 3.05) is 17.8 Å². The maximum absolute atomic E-state index is 13.0. The van der Waals surface area contributed by atoms with Gasteiger partial charge in [-0.2, -0.15) is 0 Å². The third-order valence-electron chi connectivity index (χ3n) is 5.53. The molecule has 0 radical (unpaired) electrons. The second-order valence-electron chi connectivity index (χ2n) is 7.88. The van der Waals surface area contributed by atoms with E-state index >= 15 is 0 Å². The summed E-state index contributed by atoms with van der Waals surface area (Å²) in [6, 6.07) is 23.5. The van der Waals surface area contributed by atoms with E-state index in [9.17, 15) is 18.0 Å². The molecule has 8 heteroatoms. The SMILES string of the molecule is O=C(NC(CN1CCCC1=O)c1ccccc1)c1ccc(S(=O)(=O)Nc2ccccc2)cc1. The van der Waals surface area contributed by atoms with Gasteiger partial charge in [0.25, 0.3) is 15.9 Å². The van der Waals surface area contributed by atoms with E-state index in [0.29, 0.717) is 30.8 Å². The minimum Gasteiger partial charge on any atom is -0.343 e. The Bertz CT molecular complexity index is 1210. The highest BCUT2D eigenvalue weighted by Gasteiger charge is 2.25. The van der Waals surface area contributed by atoms with Crippen LogP contribution in [0.15, 0.2) is 89.8 Å². The quantitative estimate of drug-likeness (QED) is 0.534. The summed E-state index contributed by atoms with van der Waals surface area (Å²) in [4.78, 5) is 26.9. The first kappa shape index (κ1) is 22.5. The van der Waals surface area contributed by atoms with Gasteiger partial charge in [-0.1, -0.05) is 48.5 Å². The van der Waals surface area contributed by atoms with Crippen molar-refractivity contribution < 1.29 is 18.0 Å². The molecule has 1 aliphatic rings. The number of amides is 2. The largest absolute Gasteiger partial charge is 0.343 e. The predicted octanol–water partition coefficient (Wildman–Crippen LogP) is 3.58. The second kappa shape index (κ2) is 9.87. The van der Waals surface area contributed by atoms with Gasteiger partial charge in [0.1, 0.15) is 0 Å². The summed E-state index contributed by atoms with van der Waals surface area (Å²) in [5, 5.41) is 3.00. The Labute approximate surface area is 193 Å². The van der Waals surface area contributed by atoms with Crippen LogP contribution >= 0.6 is 0 Å². The minimum absolute atomic E-state index is 0.0603. The minimum atomic E-state index is -3.77. The van der Waals surface area contributed by atoms with E-state index in [2.05, 4.69) is 10.0 Å². The molecular formula is C25H25N3O4S. The van der Waals surface area contributed by atoms with Crippen LogP contribution in [0.4, 0.5) is 5.69 Å². The van der Waals surface area contributed by atoms with Gasteiger partial charge in [-0.3, -0.25) is 14.3 Å². The van der Waals surface area contributed by atoms with E-state index in [1.54, 1.807) is 35.2 Å². The van der Waals surface area contributed by atoms with E-state index in [4.69, 9.17) is 0 Å². The van der Waals surface area contributed by atoms with Crippen LogP contribution in [-0.4, -0.2) is 38.2 Å². The molecule has 1 heterocycles. The van der Waals surface area contributed by atoms with Crippen molar-refractivity contribution >= 4 is 27.5 Å². The number of carbonyl (C=O) groups excluding carboxylic acids is 2. The van der Waals surface area contributed by atoms with E-state index in [1.165, 1.54) is 24.3 Å². The maximum atomic E-state index is 13.0. The molecule has 0 spiro atoms. The summed E-state index contributed by atoms with van der Waals surface area (Å²) in [5.41, 5.74) is 1.70. The van der Waals surface area contributed by atoms with Gasteiger partial charge in [-0.05, 0) is 48.4 Å². The summed E-state index contributed by atoms with van der Waals surface area (Å²) in [5.74, 6) is -0.249. The van der Waals surface area contributed by atoms with Crippen LogP contribution in [0.3, 0.4) is 0 Å². The van der Waals surface area contributed by atoms with Gasteiger partial charge in [0.2, 0.25) is 5.91 Å². The highest BCUT2D eigenvalue weighted by Crippen LogP contribution is 2.20. The van der Waals surface area contributed by atoms with Gasteiger partial charge in [0.05, 0.1) is 10.9 Å². The molecule has 0 bridgehead atoms. The van der Waals surface area contributed by atoms with Crippen LogP contribution in [0.25, 0.3) is 0 Å². The molecule has 2 N–H and O–H groups in total. The normalized spacial score (nSPS) is 14.7. The molecule has 1 atom stereocenters. The molecule has 0 aliphatic carbocycles. The molecule has 4 rings (SSSR count). The number of carbonyl (C=O) groups is 2. The van der Waals surface area contributed by atoms with Crippen LogP contribution in [0.2, 0.25) is 0 Å². The number of benzene rings is 3. The third-order valence-corrected chi connectivity index (χ3v) is 6.93. The van der Waals surface area contributed by atoms with Crippen molar-refractivity contribution in [3.8, 4) is 0 Å². The average molecular weight is 464 g/mol. The lowest BCUT2D eigenvalue weighted by atomic mass is 10.1.